The first-order valence-electron chi connectivity index (χ1n) is 8.42. The molecule has 7 nitrogen and oxygen atoms in total. The molecule has 0 aliphatic rings. The van der Waals surface area contributed by atoms with E-state index in [1.165, 1.54) is 16.8 Å². The van der Waals surface area contributed by atoms with Crippen LogP contribution in [0.2, 0.25) is 0 Å². The van der Waals surface area contributed by atoms with Crippen molar-refractivity contribution in [2.45, 2.75) is 6.54 Å². The molecule has 0 aliphatic carbocycles. The lowest BCUT2D eigenvalue weighted by Crippen LogP contribution is -2.18. The fourth-order valence-electron chi connectivity index (χ4n) is 3.14. The smallest absolute Gasteiger partial charge is 0.303 e. The van der Waals surface area contributed by atoms with Crippen LogP contribution in [0.25, 0.3) is 28.1 Å². The first-order chi connectivity index (χ1) is 13.6. The van der Waals surface area contributed by atoms with E-state index in [1.807, 2.05) is 24.3 Å². The maximum atomic E-state index is 14.0. The van der Waals surface area contributed by atoms with Crippen LogP contribution in [0.3, 0.4) is 0 Å². The maximum absolute atomic E-state index is 14.0. The Kier molecular flexibility index (Phi) is 3.54. The molecule has 28 heavy (non-hydrogen) atoms. The normalized spacial score (nSPS) is 11.5. The molecule has 3 heterocycles. The molecule has 138 valence electrons. The van der Waals surface area contributed by atoms with Crippen LogP contribution in [0.1, 0.15) is 5.56 Å². The number of aromatic nitrogens is 6. The molecule has 0 spiro atoms. The number of imidazole rings is 2. The number of halogens is 2. The van der Waals surface area contributed by atoms with Crippen molar-refractivity contribution >= 4 is 22.2 Å². The van der Waals surface area contributed by atoms with Crippen molar-refractivity contribution in [3.05, 3.63) is 82.7 Å². The molecular weight excluding hydrogens is 366 g/mol. The Hall–Kier alpha value is -3.88. The van der Waals surface area contributed by atoms with Crippen molar-refractivity contribution in [3.8, 4) is 5.95 Å². The van der Waals surface area contributed by atoms with Crippen LogP contribution in [-0.2, 0) is 6.54 Å². The van der Waals surface area contributed by atoms with Crippen molar-refractivity contribution in [2.75, 3.05) is 0 Å². The highest BCUT2D eigenvalue weighted by Gasteiger charge is 2.14. The van der Waals surface area contributed by atoms with Gasteiger partial charge in [-0.1, -0.05) is 18.2 Å². The second-order valence-electron chi connectivity index (χ2n) is 6.26. The predicted molar refractivity (Wildman–Crippen MR) is 98.2 cm³/mol. The van der Waals surface area contributed by atoms with Crippen LogP contribution >= 0.6 is 0 Å². The van der Waals surface area contributed by atoms with Crippen molar-refractivity contribution in [3.63, 3.8) is 0 Å². The zero-order valence-electron chi connectivity index (χ0n) is 14.3. The minimum Gasteiger partial charge on any atom is -0.303 e. The van der Waals surface area contributed by atoms with Gasteiger partial charge in [-0.25, -0.2) is 23.5 Å². The highest BCUT2D eigenvalue weighted by atomic mass is 19.1. The van der Waals surface area contributed by atoms with Gasteiger partial charge in [-0.15, -0.1) is 0 Å². The first kappa shape index (κ1) is 16.3. The largest absolute Gasteiger partial charge is 0.328 e. The van der Waals surface area contributed by atoms with E-state index in [9.17, 15) is 13.6 Å². The predicted octanol–water partition coefficient (Wildman–Crippen LogP) is 2.79. The van der Waals surface area contributed by atoms with E-state index in [1.54, 1.807) is 10.9 Å². The van der Waals surface area contributed by atoms with Gasteiger partial charge in [0.05, 0.1) is 23.8 Å². The number of rotatable bonds is 3. The van der Waals surface area contributed by atoms with Crippen LogP contribution in [0, 0.1) is 11.6 Å². The summed E-state index contributed by atoms with van der Waals surface area (Å²) in [5.74, 6) is -1.08. The van der Waals surface area contributed by atoms with Gasteiger partial charge in [-0.3, -0.25) is 9.13 Å². The fraction of sp³-hybridized carbons (Fsp3) is 0.0526. The number of hydrogen-bond donors (Lipinski definition) is 1. The lowest BCUT2D eigenvalue weighted by Gasteiger charge is -2.06. The number of benzene rings is 2. The summed E-state index contributed by atoms with van der Waals surface area (Å²) in [5, 5.41) is 0. The molecule has 0 fully saturated rings. The average Bonchev–Trinajstić information content (AvgIpc) is 3.24. The molecule has 0 aliphatic heterocycles. The zero-order chi connectivity index (χ0) is 19.3. The molecule has 5 rings (SSSR count). The molecule has 2 aromatic carbocycles. The number of para-hydroxylation sites is 2. The van der Waals surface area contributed by atoms with Gasteiger partial charge in [0.25, 0.3) is 0 Å². The molecule has 0 bridgehead atoms. The number of H-pyrrole nitrogens is 1. The van der Waals surface area contributed by atoms with Gasteiger partial charge in [0.1, 0.15) is 23.5 Å². The van der Waals surface area contributed by atoms with E-state index in [4.69, 9.17) is 0 Å². The van der Waals surface area contributed by atoms with Gasteiger partial charge >= 0.3 is 5.69 Å². The lowest BCUT2D eigenvalue weighted by atomic mass is 10.2. The zero-order valence-corrected chi connectivity index (χ0v) is 14.3. The number of nitrogens with zero attached hydrogens (tertiary/aromatic N) is 5. The van der Waals surface area contributed by atoms with Crippen molar-refractivity contribution < 1.29 is 8.78 Å². The molecule has 0 saturated carbocycles. The van der Waals surface area contributed by atoms with Crippen LogP contribution in [-0.4, -0.2) is 29.1 Å². The van der Waals surface area contributed by atoms with Gasteiger partial charge in [0, 0.05) is 11.6 Å². The Morgan fingerprint density at radius 2 is 1.93 bits per heavy atom. The van der Waals surface area contributed by atoms with Crippen LogP contribution in [0.15, 0.2) is 59.8 Å². The third kappa shape index (κ3) is 2.56. The van der Waals surface area contributed by atoms with Crippen LogP contribution < -0.4 is 5.69 Å². The van der Waals surface area contributed by atoms with Gasteiger partial charge in [-0.2, -0.15) is 4.98 Å². The first-order valence-corrected chi connectivity index (χ1v) is 8.42. The van der Waals surface area contributed by atoms with E-state index in [2.05, 4.69) is 19.9 Å². The molecule has 3 aromatic heterocycles. The van der Waals surface area contributed by atoms with Crippen molar-refractivity contribution in [2.24, 2.45) is 0 Å². The minimum atomic E-state index is -0.726. The third-order valence-corrected chi connectivity index (χ3v) is 4.51. The standard InChI is InChI=1S/C19H12F2N6O/c20-12-6-5-11(13(21)7-12)9-26-17-15(24-19(26)28)8-22-18(25-17)27-10-23-14-3-1-2-4-16(14)27/h1-8,10H,9H2,(H,24,28). The highest BCUT2D eigenvalue weighted by molar-refractivity contribution is 5.77. The second kappa shape index (κ2) is 6.08. The summed E-state index contributed by atoms with van der Waals surface area (Å²) < 4.78 is 30.2. The summed E-state index contributed by atoms with van der Waals surface area (Å²) in [6.07, 6.45) is 3.09. The number of nitrogens with one attached hydrogen (secondary N) is 1. The molecule has 0 saturated heterocycles. The summed E-state index contributed by atoms with van der Waals surface area (Å²) >= 11 is 0. The van der Waals surface area contributed by atoms with Gasteiger partial charge < -0.3 is 4.98 Å². The van der Waals surface area contributed by atoms with Crippen molar-refractivity contribution in [1.82, 2.24) is 29.1 Å². The average molecular weight is 378 g/mol. The molecule has 0 atom stereocenters. The lowest BCUT2D eigenvalue weighted by molar-refractivity contribution is 0.566. The van der Waals surface area contributed by atoms with E-state index in [-0.39, 0.29) is 12.1 Å². The molecule has 0 radical (unpaired) electrons. The second-order valence-corrected chi connectivity index (χ2v) is 6.26. The maximum Gasteiger partial charge on any atom is 0.328 e. The molecule has 5 aromatic rings. The SMILES string of the molecule is O=c1[nH]c2cnc(-n3cnc4ccccc43)nc2n1Cc1ccc(F)cc1F. The Morgan fingerprint density at radius 3 is 2.79 bits per heavy atom. The van der Waals surface area contributed by atoms with Gasteiger partial charge in [0.15, 0.2) is 5.65 Å². The van der Waals surface area contributed by atoms with E-state index in [0.717, 1.165) is 23.2 Å². The summed E-state index contributed by atoms with van der Waals surface area (Å²) in [5.41, 5.74) is 2.05. The number of fused-ring (bicyclic) bond motifs is 2. The molecule has 0 amide bonds. The summed E-state index contributed by atoms with van der Waals surface area (Å²) in [6.45, 7) is -0.0912. The minimum absolute atomic E-state index is 0.0912. The monoisotopic (exact) mass is 378 g/mol. The summed E-state index contributed by atoms with van der Waals surface area (Å²) in [7, 11) is 0. The molecular formula is C19H12F2N6O. The van der Waals surface area contributed by atoms with Gasteiger partial charge in [0.2, 0.25) is 5.95 Å². The fourth-order valence-corrected chi connectivity index (χ4v) is 3.14. The van der Waals surface area contributed by atoms with E-state index < -0.39 is 17.3 Å². The van der Waals surface area contributed by atoms with E-state index >= 15 is 0 Å². The topological polar surface area (TPSA) is 81.4 Å². The Bertz CT molecular complexity index is 1400. The third-order valence-electron chi connectivity index (χ3n) is 4.51. The number of hydrogen-bond acceptors (Lipinski definition) is 4. The Morgan fingerprint density at radius 1 is 1.07 bits per heavy atom. The highest BCUT2D eigenvalue weighted by Crippen LogP contribution is 2.18. The number of aromatic amines is 1. The van der Waals surface area contributed by atoms with Crippen LogP contribution in [0.4, 0.5) is 8.78 Å². The molecule has 0 unspecified atom stereocenters. The quantitative estimate of drug-likeness (QED) is 0.523. The molecule has 1 N–H and O–H groups in total. The summed E-state index contributed by atoms with van der Waals surface area (Å²) in [4.78, 5) is 28.1. The Balaban J connectivity index is 1.65. The van der Waals surface area contributed by atoms with E-state index in [0.29, 0.717) is 17.1 Å². The van der Waals surface area contributed by atoms with Crippen LogP contribution in [0.5, 0.6) is 0 Å². The Labute approximate surface area is 155 Å². The summed E-state index contributed by atoms with van der Waals surface area (Å²) in [6, 6.07) is 10.8. The van der Waals surface area contributed by atoms with Gasteiger partial charge in [-0.05, 0) is 18.2 Å². The van der Waals surface area contributed by atoms with Crippen molar-refractivity contribution in [1.29, 1.82) is 0 Å². The molecule has 9 heteroatoms.